The number of aryl methyl sites for hydroxylation is 1. The molecule has 1 saturated heterocycles. The van der Waals surface area contributed by atoms with Crippen LogP contribution >= 0.6 is 0 Å². The molecule has 0 amide bonds. The Balaban J connectivity index is 1.90. The second kappa shape index (κ2) is 5.37. The molecule has 1 aliphatic heterocycles. The van der Waals surface area contributed by atoms with Crippen molar-refractivity contribution in [2.45, 2.75) is 18.9 Å². The Labute approximate surface area is 93.6 Å². The summed E-state index contributed by atoms with van der Waals surface area (Å²) < 4.78 is 31.5. The zero-order valence-corrected chi connectivity index (χ0v) is 9.01. The Morgan fingerprint density at radius 2 is 2.25 bits per heavy atom. The predicted octanol–water partition coefficient (Wildman–Crippen LogP) is 1.89. The van der Waals surface area contributed by atoms with Gasteiger partial charge < -0.3 is 10.1 Å². The van der Waals surface area contributed by atoms with E-state index in [9.17, 15) is 8.78 Å². The third-order valence-corrected chi connectivity index (χ3v) is 2.77. The van der Waals surface area contributed by atoms with Gasteiger partial charge in [-0.3, -0.25) is 0 Å². The van der Waals surface area contributed by atoms with E-state index in [2.05, 4.69) is 5.32 Å². The van der Waals surface area contributed by atoms with E-state index in [4.69, 9.17) is 4.74 Å². The molecule has 0 aliphatic carbocycles. The molecule has 1 heterocycles. The highest BCUT2D eigenvalue weighted by atomic mass is 19.1. The van der Waals surface area contributed by atoms with E-state index in [1.807, 2.05) is 0 Å². The normalized spacial score (nSPS) is 21.0. The van der Waals surface area contributed by atoms with Gasteiger partial charge in [0.15, 0.2) is 0 Å². The number of rotatable bonds is 3. The number of ether oxygens (including phenoxy) is 1. The van der Waals surface area contributed by atoms with Crippen molar-refractivity contribution in [3.05, 3.63) is 35.4 Å². The molecule has 88 valence electrons. The van der Waals surface area contributed by atoms with E-state index in [-0.39, 0.29) is 17.7 Å². The van der Waals surface area contributed by atoms with E-state index >= 15 is 0 Å². The highest BCUT2D eigenvalue weighted by Crippen LogP contribution is 2.13. The Morgan fingerprint density at radius 1 is 1.38 bits per heavy atom. The maximum absolute atomic E-state index is 13.3. The topological polar surface area (TPSA) is 21.3 Å². The summed E-state index contributed by atoms with van der Waals surface area (Å²) in [6.45, 7) is 2.21. The van der Waals surface area contributed by atoms with Gasteiger partial charge in [0.25, 0.3) is 0 Å². The Hall–Kier alpha value is -1.00. The van der Waals surface area contributed by atoms with Gasteiger partial charge in [-0.25, -0.2) is 8.78 Å². The number of hydrogen-bond donors (Lipinski definition) is 1. The smallest absolute Gasteiger partial charge is 0.126 e. The molecule has 0 radical (unpaired) electrons. The lowest BCUT2D eigenvalue weighted by Crippen LogP contribution is -2.41. The van der Waals surface area contributed by atoms with Gasteiger partial charge in [-0.15, -0.1) is 0 Å². The van der Waals surface area contributed by atoms with Crippen LogP contribution in [-0.4, -0.2) is 25.8 Å². The van der Waals surface area contributed by atoms with Crippen LogP contribution < -0.4 is 5.32 Å². The Kier molecular flexibility index (Phi) is 3.85. The zero-order valence-electron chi connectivity index (χ0n) is 9.01. The summed E-state index contributed by atoms with van der Waals surface area (Å²) in [6, 6.07) is 3.83. The van der Waals surface area contributed by atoms with Gasteiger partial charge in [0, 0.05) is 12.6 Å². The van der Waals surface area contributed by atoms with E-state index in [0.717, 1.165) is 25.6 Å². The molecule has 1 fully saturated rings. The molecule has 0 bridgehead atoms. The lowest BCUT2D eigenvalue weighted by Gasteiger charge is -2.23. The van der Waals surface area contributed by atoms with Crippen molar-refractivity contribution >= 4 is 0 Å². The molecule has 0 aromatic heterocycles. The zero-order chi connectivity index (χ0) is 11.4. The van der Waals surface area contributed by atoms with E-state index in [1.54, 1.807) is 0 Å². The number of hydrogen-bond acceptors (Lipinski definition) is 2. The summed E-state index contributed by atoms with van der Waals surface area (Å²) in [5, 5.41) is 3.28. The van der Waals surface area contributed by atoms with Crippen molar-refractivity contribution in [3.63, 3.8) is 0 Å². The average molecular weight is 227 g/mol. The average Bonchev–Trinajstić information content (AvgIpc) is 2.32. The van der Waals surface area contributed by atoms with E-state index in [0.29, 0.717) is 18.6 Å². The van der Waals surface area contributed by atoms with Crippen LogP contribution in [0.15, 0.2) is 18.2 Å². The number of benzene rings is 1. The number of halogens is 2. The van der Waals surface area contributed by atoms with Gasteiger partial charge in [0.05, 0.1) is 13.2 Å². The lowest BCUT2D eigenvalue weighted by molar-refractivity contribution is 0.0743. The van der Waals surface area contributed by atoms with Crippen molar-refractivity contribution < 1.29 is 13.5 Å². The van der Waals surface area contributed by atoms with Crippen LogP contribution in [0.1, 0.15) is 12.0 Å². The van der Waals surface area contributed by atoms with Crippen molar-refractivity contribution in [2.24, 2.45) is 0 Å². The first-order valence-corrected chi connectivity index (χ1v) is 5.51. The molecule has 2 nitrogen and oxygen atoms in total. The van der Waals surface area contributed by atoms with Crippen LogP contribution in [0.3, 0.4) is 0 Å². The highest BCUT2D eigenvalue weighted by Gasteiger charge is 2.13. The standard InChI is InChI=1S/C12H15F2NO/c13-10-2-4-12(14)9(7-10)1-3-11-8-16-6-5-15-11/h2,4,7,11,15H,1,3,5-6,8H2. The summed E-state index contributed by atoms with van der Waals surface area (Å²) in [4.78, 5) is 0. The molecule has 1 aliphatic rings. The number of morpholine rings is 1. The maximum Gasteiger partial charge on any atom is 0.126 e. The molecule has 2 rings (SSSR count). The molecule has 16 heavy (non-hydrogen) atoms. The minimum Gasteiger partial charge on any atom is -0.379 e. The Morgan fingerprint density at radius 3 is 3.00 bits per heavy atom. The predicted molar refractivity (Wildman–Crippen MR) is 57.3 cm³/mol. The molecular formula is C12H15F2NO. The summed E-state index contributed by atoms with van der Waals surface area (Å²) >= 11 is 0. The van der Waals surface area contributed by atoms with Crippen LogP contribution in [0.5, 0.6) is 0 Å². The molecule has 4 heteroatoms. The fraction of sp³-hybridized carbons (Fsp3) is 0.500. The van der Waals surface area contributed by atoms with Crippen molar-refractivity contribution in [1.29, 1.82) is 0 Å². The first kappa shape index (κ1) is 11.5. The minimum atomic E-state index is -0.385. The van der Waals surface area contributed by atoms with Gasteiger partial charge in [0.2, 0.25) is 0 Å². The van der Waals surface area contributed by atoms with Crippen LogP contribution in [0, 0.1) is 11.6 Å². The first-order chi connectivity index (χ1) is 7.75. The first-order valence-electron chi connectivity index (χ1n) is 5.51. The highest BCUT2D eigenvalue weighted by molar-refractivity contribution is 5.18. The summed E-state index contributed by atoms with van der Waals surface area (Å²) in [5.41, 5.74) is 0.437. The molecule has 1 atom stereocenters. The summed E-state index contributed by atoms with van der Waals surface area (Å²) in [7, 11) is 0. The van der Waals surface area contributed by atoms with Crippen LogP contribution in [0.25, 0.3) is 0 Å². The van der Waals surface area contributed by atoms with Gasteiger partial charge in [-0.05, 0) is 36.6 Å². The monoisotopic (exact) mass is 227 g/mol. The van der Waals surface area contributed by atoms with Crippen LogP contribution in [0.4, 0.5) is 8.78 Å². The third kappa shape index (κ3) is 3.00. The molecular weight excluding hydrogens is 212 g/mol. The van der Waals surface area contributed by atoms with Crippen LogP contribution in [0.2, 0.25) is 0 Å². The van der Waals surface area contributed by atoms with Gasteiger partial charge >= 0.3 is 0 Å². The van der Waals surface area contributed by atoms with Crippen molar-refractivity contribution in [3.8, 4) is 0 Å². The van der Waals surface area contributed by atoms with Crippen molar-refractivity contribution in [2.75, 3.05) is 19.8 Å². The van der Waals surface area contributed by atoms with Crippen molar-refractivity contribution in [1.82, 2.24) is 5.32 Å². The van der Waals surface area contributed by atoms with E-state index in [1.165, 1.54) is 12.1 Å². The fourth-order valence-corrected chi connectivity index (χ4v) is 1.87. The molecule has 0 saturated carbocycles. The fourth-order valence-electron chi connectivity index (χ4n) is 1.87. The lowest BCUT2D eigenvalue weighted by atomic mass is 10.0. The third-order valence-electron chi connectivity index (χ3n) is 2.77. The maximum atomic E-state index is 13.3. The van der Waals surface area contributed by atoms with Crippen LogP contribution in [-0.2, 0) is 11.2 Å². The largest absolute Gasteiger partial charge is 0.379 e. The second-order valence-electron chi connectivity index (χ2n) is 4.00. The Bertz CT molecular complexity index is 351. The SMILES string of the molecule is Fc1ccc(F)c(CCC2COCCN2)c1. The molecule has 1 aromatic carbocycles. The van der Waals surface area contributed by atoms with Gasteiger partial charge in [-0.1, -0.05) is 0 Å². The molecule has 1 aromatic rings. The quantitative estimate of drug-likeness (QED) is 0.851. The van der Waals surface area contributed by atoms with Gasteiger partial charge in [0.1, 0.15) is 11.6 Å². The summed E-state index contributed by atoms with van der Waals surface area (Å²) in [6.07, 6.45) is 1.30. The molecule has 1 unspecified atom stereocenters. The number of nitrogens with one attached hydrogen (secondary N) is 1. The summed E-state index contributed by atoms with van der Waals surface area (Å²) in [5.74, 6) is -0.720. The molecule has 0 spiro atoms. The van der Waals surface area contributed by atoms with E-state index < -0.39 is 0 Å². The molecule has 1 N–H and O–H groups in total. The second-order valence-corrected chi connectivity index (χ2v) is 4.00. The minimum absolute atomic E-state index is 0.247. The van der Waals surface area contributed by atoms with Gasteiger partial charge in [-0.2, -0.15) is 0 Å².